The van der Waals surface area contributed by atoms with Crippen LogP contribution in [-0.4, -0.2) is 19.5 Å². The second kappa shape index (κ2) is 5.39. The van der Waals surface area contributed by atoms with Crippen molar-refractivity contribution in [2.75, 3.05) is 18.9 Å². The lowest BCUT2D eigenvalue weighted by molar-refractivity contribution is 0.0963. The predicted molar refractivity (Wildman–Crippen MR) is 63.3 cm³/mol. The zero-order chi connectivity index (χ0) is 11.3. The molecule has 0 unspecified atom stereocenters. The number of rotatable bonds is 4. The number of benzene rings is 1. The second-order valence-corrected chi connectivity index (χ2v) is 3.54. The molecule has 2 N–H and O–H groups in total. The Morgan fingerprint density at radius 2 is 2.13 bits per heavy atom. The van der Waals surface area contributed by atoms with Crippen molar-refractivity contribution in [1.29, 1.82) is 0 Å². The minimum absolute atomic E-state index is 0.0415. The highest BCUT2D eigenvalue weighted by atomic mass is 16.1. The van der Waals surface area contributed by atoms with E-state index >= 15 is 0 Å². The maximum atomic E-state index is 11.4. The number of hydrogen-bond donors (Lipinski definition) is 2. The molecule has 15 heavy (non-hydrogen) atoms. The minimum atomic E-state index is -0.0415. The summed E-state index contributed by atoms with van der Waals surface area (Å²) in [6.07, 6.45) is 1.09. The number of carbonyl (C=O) groups is 1. The second-order valence-electron chi connectivity index (χ2n) is 3.54. The van der Waals surface area contributed by atoms with Gasteiger partial charge in [-0.2, -0.15) is 0 Å². The van der Waals surface area contributed by atoms with Gasteiger partial charge in [-0.3, -0.25) is 4.79 Å². The predicted octanol–water partition coefficient (Wildman–Crippen LogP) is 2.18. The number of amides is 1. The van der Waals surface area contributed by atoms with Gasteiger partial charge in [0, 0.05) is 24.8 Å². The SMILES string of the molecule is CCCNc1ccc(C(=O)NC)cc1C. The summed E-state index contributed by atoms with van der Waals surface area (Å²) in [5.41, 5.74) is 2.91. The number of aryl methyl sites for hydroxylation is 1. The first-order chi connectivity index (χ1) is 7.19. The van der Waals surface area contributed by atoms with Crippen molar-refractivity contribution in [2.24, 2.45) is 0 Å². The van der Waals surface area contributed by atoms with Crippen LogP contribution < -0.4 is 10.6 Å². The highest BCUT2D eigenvalue weighted by molar-refractivity contribution is 5.94. The van der Waals surface area contributed by atoms with Crippen molar-refractivity contribution in [3.63, 3.8) is 0 Å². The van der Waals surface area contributed by atoms with Gasteiger partial charge < -0.3 is 10.6 Å². The molecule has 3 heteroatoms. The summed E-state index contributed by atoms with van der Waals surface area (Å²) in [7, 11) is 1.64. The molecular formula is C12H18N2O. The van der Waals surface area contributed by atoms with Crippen LogP contribution in [0, 0.1) is 6.92 Å². The molecule has 1 amide bonds. The summed E-state index contributed by atoms with van der Waals surface area (Å²) in [4.78, 5) is 11.4. The van der Waals surface area contributed by atoms with Gasteiger partial charge >= 0.3 is 0 Å². The van der Waals surface area contributed by atoms with Crippen molar-refractivity contribution in [3.8, 4) is 0 Å². The maximum Gasteiger partial charge on any atom is 0.251 e. The van der Waals surface area contributed by atoms with E-state index in [0.717, 1.165) is 24.2 Å². The van der Waals surface area contributed by atoms with E-state index in [9.17, 15) is 4.79 Å². The molecule has 0 spiro atoms. The van der Waals surface area contributed by atoms with E-state index in [1.54, 1.807) is 7.05 Å². The summed E-state index contributed by atoms with van der Waals surface area (Å²) in [5.74, 6) is -0.0415. The van der Waals surface area contributed by atoms with Gasteiger partial charge in [-0.15, -0.1) is 0 Å². The minimum Gasteiger partial charge on any atom is -0.385 e. The summed E-state index contributed by atoms with van der Waals surface area (Å²) >= 11 is 0. The normalized spacial score (nSPS) is 9.80. The molecule has 1 aromatic carbocycles. The third-order valence-corrected chi connectivity index (χ3v) is 2.28. The highest BCUT2D eigenvalue weighted by Crippen LogP contribution is 2.16. The Balaban J connectivity index is 2.83. The molecule has 0 aliphatic rings. The zero-order valence-corrected chi connectivity index (χ0v) is 9.55. The lowest BCUT2D eigenvalue weighted by Gasteiger charge is -2.09. The molecule has 0 saturated heterocycles. The van der Waals surface area contributed by atoms with Crippen molar-refractivity contribution in [2.45, 2.75) is 20.3 Å². The van der Waals surface area contributed by atoms with E-state index in [1.807, 2.05) is 25.1 Å². The third kappa shape index (κ3) is 2.98. The van der Waals surface area contributed by atoms with Crippen LogP contribution in [0.5, 0.6) is 0 Å². The average Bonchev–Trinajstić information content (AvgIpc) is 2.26. The molecule has 82 valence electrons. The molecule has 0 heterocycles. The number of carbonyl (C=O) groups excluding carboxylic acids is 1. The fraction of sp³-hybridized carbons (Fsp3) is 0.417. The lowest BCUT2D eigenvalue weighted by atomic mass is 10.1. The Morgan fingerprint density at radius 1 is 1.40 bits per heavy atom. The van der Waals surface area contributed by atoms with Crippen LogP contribution >= 0.6 is 0 Å². The lowest BCUT2D eigenvalue weighted by Crippen LogP contribution is -2.18. The highest BCUT2D eigenvalue weighted by Gasteiger charge is 2.04. The fourth-order valence-electron chi connectivity index (χ4n) is 1.41. The van der Waals surface area contributed by atoms with E-state index in [-0.39, 0.29) is 5.91 Å². The average molecular weight is 206 g/mol. The summed E-state index contributed by atoms with van der Waals surface area (Å²) in [6.45, 7) is 5.09. The van der Waals surface area contributed by atoms with Gasteiger partial charge in [0.25, 0.3) is 5.91 Å². The van der Waals surface area contributed by atoms with E-state index in [2.05, 4.69) is 17.6 Å². The van der Waals surface area contributed by atoms with E-state index in [1.165, 1.54) is 0 Å². The van der Waals surface area contributed by atoms with Crippen LogP contribution in [-0.2, 0) is 0 Å². The largest absolute Gasteiger partial charge is 0.385 e. The Labute approximate surface area is 90.9 Å². The maximum absolute atomic E-state index is 11.4. The quantitative estimate of drug-likeness (QED) is 0.792. The molecule has 1 aromatic rings. The van der Waals surface area contributed by atoms with Gasteiger partial charge in [-0.05, 0) is 37.1 Å². The molecule has 0 radical (unpaired) electrons. The first kappa shape index (κ1) is 11.6. The molecular weight excluding hydrogens is 188 g/mol. The van der Waals surface area contributed by atoms with Crippen LogP contribution in [0.3, 0.4) is 0 Å². The fourth-order valence-corrected chi connectivity index (χ4v) is 1.41. The van der Waals surface area contributed by atoms with E-state index in [4.69, 9.17) is 0 Å². The Hall–Kier alpha value is -1.51. The Bertz CT molecular complexity index is 347. The van der Waals surface area contributed by atoms with Crippen molar-refractivity contribution < 1.29 is 4.79 Å². The third-order valence-electron chi connectivity index (χ3n) is 2.28. The molecule has 0 aliphatic heterocycles. The van der Waals surface area contributed by atoms with Crippen LogP contribution in [0.2, 0.25) is 0 Å². The van der Waals surface area contributed by atoms with Gasteiger partial charge in [0.15, 0.2) is 0 Å². The molecule has 0 bridgehead atoms. The zero-order valence-electron chi connectivity index (χ0n) is 9.55. The van der Waals surface area contributed by atoms with Crippen molar-refractivity contribution in [3.05, 3.63) is 29.3 Å². The van der Waals surface area contributed by atoms with E-state index in [0.29, 0.717) is 5.56 Å². The van der Waals surface area contributed by atoms with Gasteiger partial charge in [0.1, 0.15) is 0 Å². The molecule has 0 saturated carbocycles. The molecule has 0 atom stereocenters. The Kier molecular flexibility index (Phi) is 4.16. The smallest absolute Gasteiger partial charge is 0.251 e. The van der Waals surface area contributed by atoms with E-state index < -0.39 is 0 Å². The van der Waals surface area contributed by atoms with Crippen LogP contribution in [0.15, 0.2) is 18.2 Å². The summed E-state index contributed by atoms with van der Waals surface area (Å²) < 4.78 is 0. The van der Waals surface area contributed by atoms with Gasteiger partial charge in [0.2, 0.25) is 0 Å². The van der Waals surface area contributed by atoms with Crippen molar-refractivity contribution >= 4 is 11.6 Å². The number of hydrogen-bond acceptors (Lipinski definition) is 2. The van der Waals surface area contributed by atoms with Gasteiger partial charge in [-0.25, -0.2) is 0 Å². The molecule has 3 nitrogen and oxygen atoms in total. The van der Waals surface area contributed by atoms with Crippen LogP contribution in [0.4, 0.5) is 5.69 Å². The number of anilines is 1. The standard InChI is InChI=1S/C12H18N2O/c1-4-7-14-11-6-5-10(8-9(11)2)12(15)13-3/h5-6,8,14H,4,7H2,1-3H3,(H,13,15). The van der Waals surface area contributed by atoms with Crippen molar-refractivity contribution in [1.82, 2.24) is 5.32 Å². The van der Waals surface area contributed by atoms with Crippen LogP contribution in [0.25, 0.3) is 0 Å². The number of nitrogens with one attached hydrogen (secondary N) is 2. The molecule has 0 fully saturated rings. The summed E-state index contributed by atoms with van der Waals surface area (Å²) in [5, 5.41) is 5.93. The van der Waals surface area contributed by atoms with Gasteiger partial charge in [0.05, 0.1) is 0 Å². The van der Waals surface area contributed by atoms with Crippen LogP contribution in [0.1, 0.15) is 29.3 Å². The summed E-state index contributed by atoms with van der Waals surface area (Å²) in [6, 6.07) is 5.69. The first-order valence-electron chi connectivity index (χ1n) is 5.25. The first-order valence-corrected chi connectivity index (χ1v) is 5.25. The Morgan fingerprint density at radius 3 is 2.67 bits per heavy atom. The molecule has 0 aromatic heterocycles. The topological polar surface area (TPSA) is 41.1 Å². The molecule has 0 aliphatic carbocycles. The molecule has 1 rings (SSSR count). The monoisotopic (exact) mass is 206 g/mol. The van der Waals surface area contributed by atoms with Gasteiger partial charge in [-0.1, -0.05) is 6.92 Å².